The standard InChI is InChI=1S/C10H18N2O4S2/c1-8(2)7-16-10(13)11-9(17)12-3-5-18(14,15)6-4-12/h8H,3-7H2,1-2H3,(H,11,13,17). The highest BCUT2D eigenvalue weighted by Gasteiger charge is 2.24. The predicted molar refractivity (Wildman–Crippen MR) is 72.1 cm³/mol. The zero-order valence-electron chi connectivity index (χ0n) is 10.5. The van der Waals surface area contributed by atoms with Crippen molar-refractivity contribution in [3.05, 3.63) is 0 Å². The maximum atomic E-state index is 11.4. The smallest absolute Gasteiger partial charge is 0.413 e. The third kappa shape index (κ3) is 5.18. The second-order valence-corrected chi connectivity index (χ2v) is 7.25. The fourth-order valence-electron chi connectivity index (χ4n) is 1.36. The summed E-state index contributed by atoms with van der Waals surface area (Å²) in [4.78, 5) is 13.0. The molecule has 0 unspecified atom stereocenters. The number of amides is 1. The van der Waals surface area contributed by atoms with Gasteiger partial charge in [0.2, 0.25) is 0 Å². The van der Waals surface area contributed by atoms with Crippen molar-refractivity contribution in [2.45, 2.75) is 13.8 Å². The minimum absolute atomic E-state index is 0.0653. The fourth-order valence-corrected chi connectivity index (χ4v) is 2.83. The molecular weight excluding hydrogens is 276 g/mol. The van der Waals surface area contributed by atoms with E-state index in [1.807, 2.05) is 13.8 Å². The highest BCUT2D eigenvalue weighted by molar-refractivity contribution is 7.91. The van der Waals surface area contributed by atoms with Crippen molar-refractivity contribution in [3.63, 3.8) is 0 Å². The number of ether oxygens (including phenoxy) is 1. The number of carbonyl (C=O) groups excluding carboxylic acids is 1. The first-order valence-electron chi connectivity index (χ1n) is 5.73. The van der Waals surface area contributed by atoms with Crippen LogP contribution in [0.5, 0.6) is 0 Å². The molecule has 0 saturated carbocycles. The van der Waals surface area contributed by atoms with Gasteiger partial charge in [0.1, 0.15) is 0 Å². The van der Waals surface area contributed by atoms with Gasteiger partial charge in [-0.1, -0.05) is 13.8 Å². The summed E-state index contributed by atoms with van der Waals surface area (Å²) in [5.41, 5.74) is 0. The van der Waals surface area contributed by atoms with Gasteiger partial charge in [-0.05, 0) is 18.1 Å². The Morgan fingerprint density at radius 1 is 1.39 bits per heavy atom. The van der Waals surface area contributed by atoms with Crippen LogP contribution in [0.2, 0.25) is 0 Å². The molecule has 1 amide bonds. The van der Waals surface area contributed by atoms with Crippen LogP contribution in [0.15, 0.2) is 0 Å². The van der Waals surface area contributed by atoms with Gasteiger partial charge in [0.05, 0.1) is 18.1 Å². The molecule has 1 aliphatic rings. The van der Waals surface area contributed by atoms with Crippen LogP contribution in [-0.4, -0.2) is 55.7 Å². The van der Waals surface area contributed by atoms with E-state index in [1.54, 1.807) is 4.90 Å². The Labute approximate surface area is 113 Å². The molecule has 18 heavy (non-hydrogen) atoms. The van der Waals surface area contributed by atoms with Gasteiger partial charge in [0.15, 0.2) is 14.9 Å². The van der Waals surface area contributed by atoms with Crippen LogP contribution in [-0.2, 0) is 14.6 Å². The first kappa shape index (κ1) is 15.2. The van der Waals surface area contributed by atoms with Crippen LogP contribution >= 0.6 is 12.2 Å². The van der Waals surface area contributed by atoms with Crippen LogP contribution in [0, 0.1) is 5.92 Å². The number of carbonyl (C=O) groups is 1. The van der Waals surface area contributed by atoms with Gasteiger partial charge < -0.3 is 9.64 Å². The quantitative estimate of drug-likeness (QED) is 0.742. The van der Waals surface area contributed by atoms with Crippen molar-refractivity contribution >= 4 is 33.3 Å². The number of rotatable bonds is 2. The van der Waals surface area contributed by atoms with Crippen LogP contribution < -0.4 is 5.32 Å². The van der Waals surface area contributed by atoms with E-state index in [1.165, 1.54) is 0 Å². The molecule has 0 aromatic rings. The predicted octanol–water partition coefficient (Wildman–Crippen LogP) is 0.384. The van der Waals surface area contributed by atoms with E-state index in [-0.39, 0.29) is 22.5 Å². The molecule has 1 saturated heterocycles. The number of nitrogens with zero attached hydrogens (tertiary/aromatic N) is 1. The molecule has 1 heterocycles. The summed E-state index contributed by atoms with van der Waals surface area (Å²) in [7, 11) is -2.94. The molecular formula is C10H18N2O4S2. The zero-order valence-corrected chi connectivity index (χ0v) is 12.1. The first-order chi connectivity index (χ1) is 8.30. The molecule has 1 aliphatic heterocycles. The van der Waals surface area contributed by atoms with E-state index in [4.69, 9.17) is 17.0 Å². The number of sulfone groups is 1. The van der Waals surface area contributed by atoms with Gasteiger partial charge in [-0.25, -0.2) is 13.2 Å². The Bertz CT molecular complexity index is 406. The van der Waals surface area contributed by atoms with Crippen LogP contribution in [0.4, 0.5) is 4.79 Å². The van der Waals surface area contributed by atoms with Crippen LogP contribution in [0.1, 0.15) is 13.8 Å². The lowest BCUT2D eigenvalue weighted by Crippen LogP contribution is -2.49. The third-order valence-corrected chi connectivity index (χ3v) is 4.36. The van der Waals surface area contributed by atoms with E-state index < -0.39 is 15.9 Å². The third-order valence-electron chi connectivity index (χ3n) is 2.39. The number of nitrogens with one attached hydrogen (secondary N) is 1. The Morgan fingerprint density at radius 2 is 1.94 bits per heavy atom. The molecule has 1 rings (SSSR count). The minimum atomic E-state index is -2.94. The summed E-state index contributed by atoms with van der Waals surface area (Å²) in [6.07, 6.45) is -0.595. The molecule has 1 N–H and O–H groups in total. The molecule has 1 fully saturated rings. The largest absolute Gasteiger partial charge is 0.449 e. The second kappa shape index (κ2) is 6.33. The number of alkyl carbamates (subject to hydrolysis) is 1. The topological polar surface area (TPSA) is 75.7 Å². The Morgan fingerprint density at radius 3 is 2.44 bits per heavy atom. The molecule has 0 spiro atoms. The van der Waals surface area contributed by atoms with Gasteiger partial charge in [-0.15, -0.1) is 0 Å². The Balaban J connectivity index is 2.35. The van der Waals surface area contributed by atoms with E-state index >= 15 is 0 Å². The molecule has 0 atom stereocenters. The van der Waals surface area contributed by atoms with Gasteiger partial charge in [-0.3, -0.25) is 5.32 Å². The zero-order chi connectivity index (χ0) is 13.8. The van der Waals surface area contributed by atoms with E-state index in [9.17, 15) is 13.2 Å². The molecule has 0 bridgehead atoms. The van der Waals surface area contributed by atoms with Crippen LogP contribution in [0.3, 0.4) is 0 Å². The summed E-state index contributed by atoms with van der Waals surface area (Å²) >= 11 is 5.02. The lowest BCUT2D eigenvalue weighted by Gasteiger charge is -2.28. The summed E-state index contributed by atoms with van der Waals surface area (Å²) < 4.78 is 27.4. The molecule has 104 valence electrons. The van der Waals surface area contributed by atoms with Gasteiger partial charge >= 0.3 is 6.09 Å². The van der Waals surface area contributed by atoms with Gasteiger partial charge in [0, 0.05) is 13.1 Å². The van der Waals surface area contributed by atoms with Crippen molar-refractivity contribution < 1.29 is 17.9 Å². The lowest BCUT2D eigenvalue weighted by atomic mass is 10.2. The van der Waals surface area contributed by atoms with Gasteiger partial charge in [-0.2, -0.15) is 0 Å². The van der Waals surface area contributed by atoms with E-state index in [2.05, 4.69) is 5.32 Å². The number of thiocarbonyl (C=S) groups is 1. The SMILES string of the molecule is CC(C)COC(=O)NC(=S)N1CCS(=O)(=O)CC1. The average Bonchev–Trinajstić information content (AvgIpc) is 2.26. The van der Waals surface area contributed by atoms with Crippen LogP contribution in [0.25, 0.3) is 0 Å². The van der Waals surface area contributed by atoms with E-state index in [0.29, 0.717) is 19.7 Å². The first-order valence-corrected chi connectivity index (χ1v) is 7.96. The molecule has 0 aromatic heterocycles. The molecule has 0 aromatic carbocycles. The summed E-state index contributed by atoms with van der Waals surface area (Å²) in [5, 5.41) is 2.65. The summed E-state index contributed by atoms with van der Waals surface area (Å²) in [6, 6.07) is 0. The van der Waals surface area contributed by atoms with Crippen molar-refractivity contribution in [2.24, 2.45) is 5.92 Å². The second-order valence-electron chi connectivity index (χ2n) is 4.56. The van der Waals surface area contributed by atoms with Crippen molar-refractivity contribution in [1.82, 2.24) is 10.2 Å². The molecule has 0 radical (unpaired) electrons. The van der Waals surface area contributed by atoms with Crippen molar-refractivity contribution in [1.29, 1.82) is 0 Å². The van der Waals surface area contributed by atoms with Crippen molar-refractivity contribution in [2.75, 3.05) is 31.2 Å². The van der Waals surface area contributed by atoms with E-state index in [0.717, 1.165) is 0 Å². The van der Waals surface area contributed by atoms with Crippen molar-refractivity contribution in [3.8, 4) is 0 Å². The van der Waals surface area contributed by atoms with Gasteiger partial charge in [0.25, 0.3) is 0 Å². The molecule has 8 heteroatoms. The Hall–Kier alpha value is -0.890. The normalized spacial score (nSPS) is 18.5. The lowest BCUT2D eigenvalue weighted by molar-refractivity contribution is 0.137. The maximum Gasteiger partial charge on any atom is 0.413 e. The Kier molecular flexibility index (Phi) is 5.33. The monoisotopic (exact) mass is 294 g/mol. The molecule has 0 aliphatic carbocycles. The summed E-state index contributed by atoms with van der Waals surface area (Å²) in [6.45, 7) is 4.81. The maximum absolute atomic E-state index is 11.4. The average molecular weight is 294 g/mol. The summed E-state index contributed by atoms with van der Waals surface area (Å²) in [5.74, 6) is 0.385. The highest BCUT2D eigenvalue weighted by atomic mass is 32.2. The minimum Gasteiger partial charge on any atom is -0.449 e. The fraction of sp³-hybridized carbons (Fsp3) is 0.800. The highest BCUT2D eigenvalue weighted by Crippen LogP contribution is 2.04. The number of hydrogen-bond donors (Lipinski definition) is 1. The number of hydrogen-bond acceptors (Lipinski definition) is 5. The molecule has 6 nitrogen and oxygen atoms in total.